The number of unbranched alkanes of at least 4 members (excludes halogenated alkanes) is 2. The Bertz CT molecular complexity index is 297. The molecule has 1 aromatic rings. The van der Waals surface area contributed by atoms with E-state index in [1.54, 1.807) is 7.11 Å². The zero-order valence-corrected chi connectivity index (χ0v) is 11.3. The van der Waals surface area contributed by atoms with Gasteiger partial charge in [0.1, 0.15) is 0 Å². The second-order valence-electron chi connectivity index (χ2n) is 4.67. The van der Waals surface area contributed by atoms with Crippen LogP contribution in [0.4, 0.5) is 0 Å². The van der Waals surface area contributed by atoms with Gasteiger partial charge in [-0.2, -0.15) is 0 Å². The van der Waals surface area contributed by atoms with Crippen LogP contribution in [-0.2, 0) is 17.8 Å². The van der Waals surface area contributed by atoms with Crippen LogP contribution in [0, 0.1) is 0 Å². The number of aryl methyl sites for hydroxylation is 1. The lowest BCUT2D eigenvalue weighted by Gasteiger charge is -2.11. The summed E-state index contributed by atoms with van der Waals surface area (Å²) in [6.45, 7) is 7.14. The summed E-state index contributed by atoms with van der Waals surface area (Å²) in [7, 11) is 1.76. The zero-order valence-electron chi connectivity index (χ0n) is 11.3. The third-order valence-electron chi connectivity index (χ3n) is 2.74. The summed E-state index contributed by atoms with van der Waals surface area (Å²) in [4.78, 5) is 4.21. The van der Waals surface area contributed by atoms with Crippen molar-refractivity contribution in [3.05, 3.63) is 18.2 Å². The topological polar surface area (TPSA) is 39.1 Å². The van der Waals surface area contributed by atoms with Crippen LogP contribution in [0.5, 0.6) is 0 Å². The Labute approximate surface area is 104 Å². The molecular formula is C13H25N3O. The molecule has 0 saturated heterocycles. The fraction of sp³-hybridized carbons (Fsp3) is 0.769. The van der Waals surface area contributed by atoms with Crippen molar-refractivity contribution < 1.29 is 4.74 Å². The third kappa shape index (κ3) is 5.84. The minimum Gasteiger partial charge on any atom is -0.385 e. The second-order valence-corrected chi connectivity index (χ2v) is 4.67. The average molecular weight is 239 g/mol. The number of nitrogens with one attached hydrogen (secondary N) is 1. The minimum absolute atomic E-state index is 0.514. The van der Waals surface area contributed by atoms with E-state index in [1.165, 1.54) is 18.5 Å². The summed E-state index contributed by atoms with van der Waals surface area (Å²) in [5, 5.41) is 3.42. The van der Waals surface area contributed by atoms with Crippen LogP contribution >= 0.6 is 0 Å². The molecule has 1 rings (SSSR count). The Morgan fingerprint density at radius 2 is 2.18 bits per heavy atom. The normalized spacial score (nSPS) is 11.3. The van der Waals surface area contributed by atoms with Crippen molar-refractivity contribution in [1.29, 1.82) is 0 Å². The van der Waals surface area contributed by atoms with Gasteiger partial charge in [0.05, 0.1) is 12.0 Å². The number of hydrogen-bond acceptors (Lipinski definition) is 3. The molecule has 0 aliphatic heterocycles. The lowest BCUT2D eigenvalue weighted by Crippen LogP contribution is -2.23. The van der Waals surface area contributed by atoms with Gasteiger partial charge < -0.3 is 14.6 Å². The van der Waals surface area contributed by atoms with E-state index in [2.05, 4.69) is 28.7 Å². The van der Waals surface area contributed by atoms with Gasteiger partial charge in [0.15, 0.2) is 0 Å². The monoisotopic (exact) mass is 239 g/mol. The number of rotatable bonds is 9. The lowest BCUT2D eigenvalue weighted by atomic mass is 10.2. The number of hydrogen-bond donors (Lipinski definition) is 1. The summed E-state index contributed by atoms with van der Waals surface area (Å²) < 4.78 is 7.28. The molecule has 0 saturated carbocycles. The molecule has 1 aromatic heterocycles. The van der Waals surface area contributed by atoms with Crippen molar-refractivity contribution in [1.82, 2.24) is 14.9 Å². The molecule has 0 unspecified atom stereocenters. The molecule has 4 nitrogen and oxygen atoms in total. The number of nitrogens with zero attached hydrogens (tertiary/aromatic N) is 2. The third-order valence-corrected chi connectivity index (χ3v) is 2.74. The molecule has 17 heavy (non-hydrogen) atoms. The Balaban J connectivity index is 2.25. The molecule has 0 atom stereocenters. The van der Waals surface area contributed by atoms with Gasteiger partial charge in [0.25, 0.3) is 0 Å². The number of ether oxygens (including phenoxy) is 1. The summed E-state index contributed by atoms with van der Waals surface area (Å²) in [5.41, 5.74) is 1.27. The van der Waals surface area contributed by atoms with Gasteiger partial charge in [-0.25, -0.2) is 4.98 Å². The van der Waals surface area contributed by atoms with Crippen molar-refractivity contribution in [2.24, 2.45) is 0 Å². The largest absolute Gasteiger partial charge is 0.385 e. The average Bonchev–Trinajstić information content (AvgIpc) is 2.73. The minimum atomic E-state index is 0.514. The molecule has 0 aliphatic carbocycles. The lowest BCUT2D eigenvalue weighted by molar-refractivity contribution is 0.191. The molecule has 0 aliphatic rings. The molecular weight excluding hydrogens is 214 g/mol. The van der Waals surface area contributed by atoms with Gasteiger partial charge in [-0.1, -0.05) is 13.8 Å². The summed E-state index contributed by atoms with van der Waals surface area (Å²) in [6, 6.07) is 0.514. The quantitative estimate of drug-likeness (QED) is 0.671. The van der Waals surface area contributed by atoms with Gasteiger partial charge >= 0.3 is 0 Å². The summed E-state index contributed by atoms with van der Waals surface area (Å²) in [6.07, 6.45) is 7.42. The fourth-order valence-electron chi connectivity index (χ4n) is 1.71. The van der Waals surface area contributed by atoms with Crippen molar-refractivity contribution in [2.75, 3.05) is 13.7 Å². The molecule has 0 amide bonds. The van der Waals surface area contributed by atoms with E-state index in [9.17, 15) is 0 Å². The molecule has 98 valence electrons. The Kier molecular flexibility index (Phi) is 6.89. The van der Waals surface area contributed by atoms with Crippen LogP contribution in [-0.4, -0.2) is 29.3 Å². The van der Waals surface area contributed by atoms with Gasteiger partial charge in [-0.05, 0) is 19.3 Å². The maximum atomic E-state index is 5.04. The van der Waals surface area contributed by atoms with Crippen LogP contribution in [0.25, 0.3) is 0 Å². The Morgan fingerprint density at radius 1 is 1.35 bits per heavy atom. The molecule has 0 fully saturated rings. The first-order chi connectivity index (χ1) is 8.24. The molecule has 1 heterocycles. The molecule has 0 aromatic carbocycles. The van der Waals surface area contributed by atoms with Crippen molar-refractivity contribution >= 4 is 0 Å². The van der Waals surface area contributed by atoms with E-state index in [0.29, 0.717) is 6.04 Å². The van der Waals surface area contributed by atoms with Crippen molar-refractivity contribution in [2.45, 2.75) is 52.2 Å². The van der Waals surface area contributed by atoms with Crippen LogP contribution in [0.15, 0.2) is 12.5 Å². The zero-order chi connectivity index (χ0) is 12.5. The maximum absolute atomic E-state index is 5.04. The van der Waals surface area contributed by atoms with Gasteiger partial charge in [0, 0.05) is 39.0 Å². The number of methoxy groups -OCH3 is 1. The van der Waals surface area contributed by atoms with Crippen LogP contribution in [0.2, 0.25) is 0 Å². The SMILES string of the molecule is COCCCCCn1cncc1CNC(C)C. The second kappa shape index (κ2) is 8.25. The van der Waals surface area contributed by atoms with Crippen LogP contribution in [0.1, 0.15) is 38.8 Å². The maximum Gasteiger partial charge on any atom is 0.0948 e. The predicted molar refractivity (Wildman–Crippen MR) is 69.9 cm³/mol. The van der Waals surface area contributed by atoms with E-state index in [1.807, 2.05) is 12.5 Å². The molecule has 1 N–H and O–H groups in total. The van der Waals surface area contributed by atoms with Crippen LogP contribution < -0.4 is 5.32 Å². The first kappa shape index (κ1) is 14.2. The highest BCUT2D eigenvalue weighted by Crippen LogP contribution is 2.04. The first-order valence-corrected chi connectivity index (χ1v) is 6.45. The van der Waals surface area contributed by atoms with E-state index < -0.39 is 0 Å². The van der Waals surface area contributed by atoms with Gasteiger partial charge in [-0.15, -0.1) is 0 Å². The van der Waals surface area contributed by atoms with Crippen molar-refractivity contribution in [3.63, 3.8) is 0 Å². The Hall–Kier alpha value is -0.870. The Morgan fingerprint density at radius 3 is 2.88 bits per heavy atom. The highest BCUT2D eigenvalue weighted by atomic mass is 16.5. The summed E-state index contributed by atoms with van der Waals surface area (Å²) in [5.74, 6) is 0. The van der Waals surface area contributed by atoms with Gasteiger partial charge in [0.2, 0.25) is 0 Å². The van der Waals surface area contributed by atoms with E-state index in [4.69, 9.17) is 4.74 Å². The van der Waals surface area contributed by atoms with E-state index in [-0.39, 0.29) is 0 Å². The highest BCUT2D eigenvalue weighted by molar-refractivity contribution is 4.98. The number of imidazole rings is 1. The van der Waals surface area contributed by atoms with E-state index >= 15 is 0 Å². The molecule has 4 heteroatoms. The molecule has 0 bridgehead atoms. The standard InChI is InChI=1S/C13H25N3O/c1-12(2)15-10-13-9-14-11-16(13)7-5-4-6-8-17-3/h9,11-12,15H,4-8,10H2,1-3H3. The molecule has 0 radical (unpaired) electrons. The van der Waals surface area contributed by atoms with Crippen LogP contribution in [0.3, 0.4) is 0 Å². The molecule has 0 spiro atoms. The van der Waals surface area contributed by atoms with Gasteiger partial charge in [-0.3, -0.25) is 0 Å². The smallest absolute Gasteiger partial charge is 0.0948 e. The highest BCUT2D eigenvalue weighted by Gasteiger charge is 2.02. The summed E-state index contributed by atoms with van der Waals surface area (Å²) >= 11 is 0. The predicted octanol–water partition coefficient (Wildman–Crippen LogP) is 2.20. The first-order valence-electron chi connectivity index (χ1n) is 6.45. The number of aromatic nitrogens is 2. The van der Waals surface area contributed by atoms with E-state index in [0.717, 1.165) is 26.1 Å². The fourth-order valence-corrected chi connectivity index (χ4v) is 1.71. The van der Waals surface area contributed by atoms with Crippen molar-refractivity contribution in [3.8, 4) is 0 Å².